The molecule has 30 heavy (non-hydrogen) atoms. The Morgan fingerprint density at radius 2 is 1.67 bits per heavy atom. The molecule has 2 aromatic carbocycles. The van der Waals surface area contributed by atoms with E-state index >= 15 is 0 Å². The molecule has 0 saturated heterocycles. The minimum atomic E-state index is -4.52. The lowest BCUT2D eigenvalue weighted by molar-refractivity contribution is -0.142. The van der Waals surface area contributed by atoms with Crippen LogP contribution in [0, 0.1) is 0 Å². The number of nitrogens with one attached hydrogen (secondary N) is 1. The van der Waals surface area contributed by atoms with Crippen LogP contribution < -0.4 is 14.8 Å². The number of anilines is 1. The number of nitrogens with zero attached hydrogens (tertiary/aromatic N) is 2. The summed E-state index contributed by atoms with van der Waals surface area (Å²) in [6.07, 6.45) is -3.43. The van der Waals surface area contributed by atoms with Crippen molar-refractivity contribution < 1.29 is 27.4 Å². The van der Waals surface area contributed by atoms with E-state index in [0.717, 1.165) is 16.9 Å². The first kappa shape index (κ1) is 21.2. The van der Waals surface area contributed by atoms with Gasteiger partial charge in [-0.15, -0.1) is 0 Å². The maximum Gasteiger partial charge on any atom is 0.433 e. The quantitative estimate of drug-likeness (QED) is 0.589. The molecule has 0 spiro atoms. The lowest BCUT2D eigenvalue weighted by Gasteiger charge is -2.13. The summed E-state index contributed by atoms with van der Waals surface area (Å²) < 4.78 is 50.9. The summed E-state index contributed by atoms with van der Waals surface area (Å²) in [5.41, 5.74) is 0.135. The van der Waals surface area contributed by atoms with Crippen molar-refractivity contribution in [1.82, 2.24) is 9.78 Å². The van der Waals surface area contributed by atoms with Gasteiger partial charge in [-0.3, -0.25) is 4.79 Å². The lowest BCUT2D eigenvalue weighted by atomic mass is 10.1. The van der Waals surface area contributed by atoms with Crippen LogP contribution >= 0.6 is 0 Å². The van der Waals surface area contributed by atoms with Crippen LogP contribution in [0.4, 0.5) is 18.9 Å². The van der Waals surface area contributed by atoms with Crippen molar-refractivity contribution in [3.05, 3.63) is 66.0 Å². The number of ether oxygens (including phenoxy) is 2. The Kier molecular flexibility index (Phi) is 6.29. The number of halogens is 3. The Morgan fingerprint density at radius 3 is 2.30 bits per heavy atom. The average Bonchev–Trinajstić information content (AvgIpc) is 3.21. The maximum absolute atomic E-state index is 13.0. The van der Waals surface area contributed by atoms with Crippen molar-refractivity contribution in [1.29, 1.82) is 0 Å². The minimum absolute atomic E-state index is 0.227. The van der Waals surface area contributed by atoms with E-state index in [1.807, 2.05) is 13.8 Å². The van der Waals surface area contributed by atoms with E-state index in [0.29, 0.717) is 36.0 Å². The Bertz CT molecular complexity index is 1010. The molecule has 3 aromatic rings. The van der Waals surface area contributed by atoms with Gasteiger partial charge < -0.3 is 14.8 Å². The number of hydrogen-bond acceptors (Lipinski definition) is 4. The van der Waals surface area contributed by atoms with E-state index in [1.165, 1.54) is 24.3 Å². The normalized spacial score (nSPS) is 11.2. The van der Waals surface area contributed by atoms with Crippen LogP contribution in [-0.4, -0.2) is 28.9 Å². The second-order valence-corrected chi connectivity index (χ2v) is 6.15. The van der Waals surface area contributed by atoms with Gasteiger partial charge in [-0.05, 0) is 62.4 Å². The first-order valence-corrected chi connectivity index (χ1v) is 9.26. The molecule has 0 fully saturated rings. The van der Waals surface area contributed by atoms with E-state index in [9.17, 15) is 18.0 Å². The summed E-state index contributed by atoms with van der Waals surface area (Å²) in [7, 11) is 0. The van der Waals surface area contributed by atoms with Crippen LogP contribution in [0.2, 0.25) is 0 Å². The SMILES string of the molecule is CCOc1ccc(C(=O)Nc2ccc(-n3nccc3C(F)(F)F)cc2)cc1OCC. The van der Waals surface area contributed by atoms with E-state index in [1.54, 1.807) is 18.2 Å². The Hall–Kier alpha value is -3.49. The van der Waals surface area contributed by atoms with Gasteiger partial charge in [0.15, 0.2) is 11.5 Å². The maximum atomic E-state index is 13.0. The van der Waals surface area contributed by atoms with E-state index in [2.05, 4.69) is 10.4 Å². The highest BCUT2D eigenvalue weighted by atomic mass is 19.4. The summed E-state index contributed by atoms with van der Waals surface area (Å²) in [4.78, 5) is 12.6. The molecule has 0 radical (unpaired) electrons. The molecule has 1 amide bonds. The average molecular weight is 419 g/mol. The third-order valence-corrected chi connectivity index (χ3v) is 4.11. The fourth-order valence-electron chi connectivity index (χ4n) is 2.81. The molecule has 1 heterocycles. The molecule has 0 aliphatic heterocycles. The molecule has 0 unspecified atom stereocenters. The molecule has 0 aliphatic rings. The van der Waals surface area contributed by atoms with Crippen molar-refractivity contribution in [2.45, 2.75) is 20.0 Å². The van der Waals surface area contributed by atoms with Crippen molar-refractivity contribution in [2.24, 2.45) is 0 Å². The van der Waals surface area contributed by atoms with Gasteiger partial charge in [0.05, 0.1) is 25.1 Å². The Balaban J connectivity index is 1.77. The van der Waals surface area contributed by atoms with Gasteiger partial charge >= 0.3 is 6.18 Å². The van der Waals surface area contributed by atoms with Crippen molar-refractivity contribution in [3.8, 4) is 17.2 Å². The van der Waals surface area contributed by atoms with Crippen LogP contribution in [0.1, 0.15) is 29.9 Å². The number of benzene rings is 2. The molecule has 6 nitrogen and oxygen atoms in total. The summed E-state index contributed by atoms with van der Waals surface area (Å²) in [5.74, 6) is 0.613. The monoisotopic (exact) mass is 419 g/mol. The first-order chi connectivity index (χ1) is 14.3. The van der Waals surface area contributed by atoms with E-state index in [-0.39, 0.29) is 11.6 Å². The minimum Gasteiger partial charge on any atom is -0.490 e. The molecule has 3 rings (SSSR count). The molecule has 0 bridgehead atoms. The Labute approximate surface area is 171 Å². The third-order valence-electron chi connectivity index (χ3n) is 4.11. The van der Waals surface area contributed by atoms with Gasteiger partial charge in [-0.2, -0.15) is 18.3 Å². The molecule has 1 N–H and O–H groups in total. The van der Waals surface area contributed by atoms with Crippen LogP contribution in [0.5, 0.6) is 11.5 Å². The summed E-state index contributed by atoms with van der Waals surface area (Å²) in [6.45, 7) is 4.55. The van der Waals surface area contributed by atoms with E-state index in [4.69, 9.17) is 9.47 Å². The lowest BCUT2D eigenvalue weighted by Crippen LogP contribution is -2.14. The summed E-state index contributed by atoms with van der Waals surface area (Å²) in [5, 5.41) is 6.43. The van der Waals surface area contributed by atoms with Gasteiger partial charge in [-0.25, -0.2) is 4.68 Å². The zero-order valence-electron chi connectivity index (χ0n) is 16.4. The smallest absolute Gasteiger partial charge is 0.433 e. The predicted molar refractivity (Wildman–Crippen MR) is 105 cm³/mol. The Morgan fingerprint density at radius 1 is 1.00 bits per heavy atom. The number of aromatic nitrogens is 2. The molecule has 1 aromatic heterocycles. The second-order valence-electron chi connectivity index (χ2n) is 6.15. The highest BCUT2D eigenvalue weighted by Crippen LogP contribution is 2.31. The van der Waals surface area contributed by atoms with Crippen LogP contribution in [0.3, 0.4) is 0 Å². The van der Waals surface area contributed by atoms with Crippen LogP contribution in [0.15, 0.2) is 54.7 Å². The predicted octanol–water partition coefficient (Wildman–Crippen LogP) is 4.94. The largest absolute Gasteiger partial charge is 0.490 e. The molecule has 0 saturated carbocycles. The van der Waals surface area contributed by atoms with Crippen LogP contribution in [-0.2, 0) is 6.18 Å². The van der Waals surface area contributed by atoms with Gasteiger partial charge in [-0.1, -0.05) is 0 Å². The molecular weight excluding hydrogens is 399 g/mol. The highest BCUT2D eigenvalue weighted by molar-refractivity contribution is 6.04. The second kappa shape index (κ2) is 8.89. The van der Waals surface area contributed by atoms with Crippen molar-refractivity contribution >= 4 is 11.6 Å². The zero-order valence-corrected chi connectivity index (χ0v) is 16.4. The molecule has 0 atom stereocenters. The topological polar surface area (TPSA) is 65.4 Å². The van der Waals surface area contributed by atoms with Gasteiger partial charge in [0.1, 0.15) is 5.69 Å². The molecule has 158 valence electrons. The number of carbonyl (C=O) groups is 1. The molecule has 9 heteroatoms. The van der Waals surface area contributed by atoms with Gasteiger partial charge in [0, 0.05) is 11.3 Å². The summed E-state index contributed by atoms with van der Waals surface area (Å²) in [6, 6.07) is 11.7. The molecular formula is C21H20F3N3O3. The summed E-state index contributed by atoms with van der Waals surface area (Å²) >= 11 is 0. The van der Waals surface area contributed by atoms with Gasteiger partial charge in [0.25, 0.3) is 5.91 Å². The highest BCUT2D eigenvalue weighted by Gasteiger charge is 2.35. The fourth-order valence-corrected chi connectivity index (χ4v) is 2.81. The van der Waals surface area contributed by atoms with Crippen LogP contribution in [0.25, 0.3) is 5.69 Å². The zero-order chi connectivity index (χ0) is 21.7. The fraction of sp³-hybridized carbons (Fsp3) is 0.238. The van der Waals surface area contributed by atoms with Gasteiger partial charge in [0.2, 0.25) is 0 Å². The number of alkyl halides is 3. The third kappa shape index (κ3) is 4.73. The van der Waals surface area contributed by atoms with Crippen molar-refractivity contribution in [3.63, 3.8) is 0 Å². The number of rotatable bonds is 7. The van der Waals surface area contributed by atoms with Crippen molar-refractivity contribution in [2.75, 3.05) is 18.5 Å². The number of amides is 1. The molecule has 0 aliphatic carbocycles. The first-order valence-electron chi connectivity index (χ1n) is 9.26. The van der Waals surface area contributed by atoms with E-state index < -0.39 is 11.9 Å². The number of hydrogen-bond donors (Lipinski definition) is 1. The standard InChI is InChI=1S/C21H20F3N3O3/c1-3-29-17-10-5-14(13-18(17)30-4-2)20(28)26-15-6-8-16(9-7-15)27-19(11-12-25-27)21(22,23)24/h5-13H,3-4H2,1-2H3,(H,26,28). The number of carbonyl (C=O) groups excluding carboxylic acids is 1.